The molecule has 0 bridgehead atoms. The van der Waals surface area contributed by atoms with Gasteiger partial charge in [-0.15, -0.1) is 0 Å². The van der Waals surface area contributed by atoms with Crippen molar-refractivity contribution in [1.29, 1.82) is 0 Å². The molecule has 68 valence electrons. The molecule has 2 atom stereocenters. The van der Waals surface area contributed by atoms with E-state index in [1.807, 2.05) is 0 Å². The van der Waals surface area contributed by atoms with Gasteiger partial charge in [0.2, 0.25) is 0 Å². The molecule has 3 saturated carbocycles. The van der Waals surface area contributed by atoms with Crippen LogP contribution in [0.3, 0.4) is 0 Å². The fraction of sp³-hybridized carbons (Fsp3) is 1.00. The van der Waals surface area contributed by atoms with Crippen molar-refractivity contribution in [2.24, 2.45) is 16.7 Å². The van der Waals surface area contributed by atoms with Crippen molar-refractivity contribution >= 4 is 0 Å². The lowest BCUT2D eigenvalue weighted by atomic mass is 9.83. The van der Waals surface area contributed by atoms with Gasteiger partial charge in [-0.05, 0) is 42.4 Å². The van der Waals surface area contributed by atoms with Gasteiger partial charge < -0.3 is 5.11 Å². The van der Waals surface area contributed by atoms with E-state index in [1.54, 1.807) is 0 Å². The third kappa shape index (κ3) is 0.693. The van der Waals surface area contributed by atoms with Crippen LogP contribution in [-0.2, 0) is 0 Å². The van der Waals surface area contributed by atoms with E-state index in [-0.39, 0.29) is 0 Å². The maximum absolute atomic E-state index is 9.10. The van der Waals surface area contributed by atoms with Crippen molar-refractivity contribution in [2.45, 2.75) is 44.9 Å². The van der Waals surface area contributed by atoms with Gasteiger partial charge in [-0.2, -0.15) is 0 Å². The summed E-state index contributed by atoms with van der Waals surface area (Å²) in [6, 6.07) is 0. The zero-order chi connectivity index (χ0) is 8.23. The molecule has 1 heteroatoms. The summed E-state index contributed by atoms with van der Waals surface area (Å²) in [7, 11) is 0. The number of rotatable bonds is 1. The lowest BCUT2D eigenvalue weighted by molar-refractivity contribution is 0.240. The molecule has 3 aliphatic carbocycles. The Labute approximate surface area is 74.2 Å². The van der Waals surface area contributed by atoms with Crippen LogP contribution < -0.4 is 0 Å². The lowest BCUT2D eigenvalue weighted by Gasteiger charge is -2.22. The number of hydrogen-bond acceptors (Lipinski definition) is 1. The van der Waals surface area contributed by atoms with Gasteiger partial charge in [-0.1, -0.05) is 19.3 Å². The Morgan fingerprint density at radius 2 is 1.92 bits per heavy atom. The average molecular weight is 166 g/mol. The van der Waals surface area contributed by atoms with Crippen LogP contribution in [0.1, 0.15) is 44.9 Å². The van der Waals surface area contributed by atoms with Gasteiger partial charge in [0, 0.05) is 6.61 Å². The SMILES string of the molecule is OC[C@H]1C[C@@]12CC21CCCCC1. The highest BCUT2D eigenvalue weighted by molar-refractivity contribution is 5.26. The van der Waals surface area contributed by atoms with E-state index in [1.165, 1.54) is 44.9 Å². The normalized spacial score (nSPS) is 48.2. The minimum atomic E-state index is 0.460. The standard InChI is InChI=1S/C11H18O/c12-7-9-6-11(9)8-10(11)4-2-1-3-5-10/h9,12H,1-8H2/t9-,11-/m1/s1. The smallest absolute Gasteiger partial charge is 0.0465 e. The molecule has 0 aromatic heterocycles. The van der Waals surface area contributed by atoms with Gasteiger partial charge >= 0.3 is 0 Å². The van der Waals surface area contributed by atoms with E-state index in [4.69, 9.17) is 5.11 Å². The fourth-order valence-corrected chi connectivity index (χ4v) is 3.95. The first-order valence-corrected chi connectivity index (χ1v) is 5.44. The van der Waals surface area contributed by atoms with Gasteiger partial charge in [0.15, 0.2) is 0 Å². The first kappa shape index (κ1) is 7.37. The molecule has 0 aliphatic heterocycles. The largest absolute Gasteiger partial charge is 0.396 e. The Bertz CT molecular complexity index is 205. The molecule has 1 nitrogen and oxygen atoms in total. The van der Waals surface area contributed by atoms with E-state index < -0.39 is 0 Å². The molecule has 0 aromatic carbocycles. The van der Waals surface area contributed by atoms with Crippen LogP contribution in [0.25, 0.3) is 0 Å². The zero-order valence-electron chi connectivity index (χ0n) is 7.68. The molecule has 1 N–H and O–H groups in total. The Kier molecular flexibility index (Phi) is 1.27. The number of fused-ring (bicyclic) bond motifs is 1. The molecule has 0 saturated heterocycles. The predicted octanol–water partition coefficient (Wildman–Crippen LogP) is 2.34. The van der Waals surface area contributed by atoms with Crippen molar-refractivity contribution < 1.29 is 5.11 Å². The maximum atomic E-state index is 9.10. The van der Waals surface area contributed by atoms with Crippen molar-refractivity contribution in [2.75, 3.05) is 6.61 Å². The molecule has 12 heavy (non-hydrogen) atoms. The molecule has 0 heterocycles. The Hall–Kier alpha value is -0.0400. The molecule has 3 rings (SSSR count). The summed E-state index contributed by atoms with van der Waals surface area (Å²) in [5, 5.41) is 9.10. The van der Waals surface area contributed by atoms with E-state index in [0.717, 1.165) is 5.41 Å². The highest BCUT2D eigenvalue weighted by atomic mass is 16.3. The minimum absolute atomic E-state index is 0.460. The van der Waals surface area contributed by atoms with Crippen molar-refractivity contribution in [3.05, 3.63) is 0 Å². The van der Waals surface area contributed by atoms with Crippen LogP contribution in [0, 0.1) is 16.7 Å². The third-order valence-corrected chi connectivity index (χ3v) is 4.85. The number of aliphatic hydroxyl groups excluding tert-OH is 1. The van der Waals surface area contributed by atoms with Crippen molar-refractivity contribution in [3.8, 4) is 0 Å². The number of hydrogen-bond donors (Lipinski definition) is 1. The summed E-state index contributed by atoms with van der Waals surface area (Å²) in [5.74, 6) is 0.704. The van der Waals surface area contributed by atoms with Gasteiger partial charge in [0.1, 0.15) is 0 Å². The molecular formula is C11H18O. The Morgan fingerprint density at radius 1 is 1.17 bits per heavy atom. The first-order chi connectivity index (χ1) is 5.83. The molecule has 3 fully saturated rings. The highest BCUT2D eigenvalue weighted by Gasteiger charge is 2.77. The number of aliphatic hydroxyl groups is 1. The Morgan fingerprint density at radius 3 is 2.50 bits per heavy atom. The van der Waals surface area contributed by atoms with Crippen LogP contribution >= 0.6 is 0 Å². The monoisotopic (exact) mass is 166 g/mol. The third-order valence-electron chi connectivity index (χ3n) is 4.85. The highest BCUT2D eigenvalue weighted by Crippen LogP contribution is 2.85. The topological polar surface area (TPSA) is 20.2 Å². The molecule has 0 unspecified atom stereocenters. The summed E-state index contributed by atoms with van der Waals surface area (Å²) in [4.78, 5) is 0. The zero-order valence-corrected chi connectivity index (χ0v) is 7.68. The average Bonchev–Trinajstić information content (AvgIpc) is 2.95. The molecule has 0 amide bonds. The summed E-state index contributed by atoms with van der Waals surface area (Å²) >= 11 is 0. The van der Waals surface area contributed by atoms with Gasteiger partial charge in [0.25, 0.3) is 0 Å². The summed E-state index contributed by atoms with van der Waals surface area (Å²) in [6.07, 6.45) is 10.1. The molecule has 3 aliphatic rings. The molecule has 0 radical (unpaired) electrons. The van der Waals surface area contributed by atoms with E-state index in [2.05, 4.69) is 0 Å². The minimum Gasteiger partial charge on any atom is -0.396 e. The van der Waals surface area contributed by atoms with E-state index >= 15 is 0 Å². The van der Waals surface area contributed by atoms with E-state index in [0.29, 0.717) is 17.9 Å². The van der Waals surface area contributed by atoms with Crippen LogP contribution in [0.15, 0.2) is 0 Å². The van der Waals surface area contributed by atoms with Crippen LogP contribution in [0.2, 0.25) is 0 Å². The lowest BCUT2D eigenvalue weighted by Crippen LogP contribution is -2.11. The summed E-state index contributed by atoms with van der Waals surface area (Å²) in [5.41, 5.74) is 1.43. The maximum Gasteiger partial charge on any atom is 0.0465 e. The molecule has 0 aromatic rings. The van der Waals surface area contributed by atoms with Crippen molar-refractivity contribution in [3.63, 3.8) is 0 Å². The molecular weight excluding hydrogens is 148 g/mol. The fourth-order valence-electron chi connectivity index (χ4n) is 3.95. The van der Waals surface area contributed by atoms with Crippen LogP contribution in [-0.4, -0.2) is 11.7 Å². The van der Waals surface area contributed by atoms with E-state index in [9.17, 15) is 0 Å². The van der Waals surface area contributed by atoms with Gasteiger partial charge in [-0.25, -0.2) is 0 Å². The molecule has 2 spiro atoms. The van der Waals surface area contributed by atoms with Crippen LogP contribution in [0.5, 0.6) is 0 Å². The van der Waals surface area contributed by atoms with Crippen LogP contribution in [0.4, 0.5) is 0 Å². The first-order valence-electron chi connectivity index (χ1n) is 5.44. The van der Waals surface area contributed by atoms with Gasteiger partial charge in [-0.3, -0.25) is 0 Å². The second-order valence-corrected chi connectivity index (χ2v) is 5.26. The second kappa shape index (κ2) is 2.06. The van der Waals surface area contributed by atoms with Gasteiger partial charge in [0.05, 0.1) is 0 Å². The summed E-state index contributed by atoms with van der Waals surface area (Å²) < 4.78 is 0. The predicted molar refractivity (Wildman–Crippen MR) is 47.8 cm³/mol. The Balaban J connectivity index is 1.73. The quantitative estimate of drug-likeness (QED) is 0.634. The second-order valence-electron chi connectivity index (χ2n) is 5.26. The van der Waals surface area contributed by atoms with Crippen molar-refractivity contribution in [1.82, 2.24) is 0 Å². The summed E-state index contributed by atoms with van der Waals surface area (Å²) in [6.45, 7) is 0.460.